The van der Waals surface area contributed by atoms with Crippen molar-refractivity contribution >= 4 is 0 Å². The smallest absolute Gasteiger partial charge is 0.0523 e. The van der Waals surface area contributed by atoms with Gasteiger partial charge >= 0.3 is 0 Å². The van der Waals surface area contributed by atoms with Crippen LogP contribution in [0.3, 0.4) is 0 Å². The summed E-state index contributed by atoms with van der Waals surface area (Å²) in [6.45, 7) is 4.21. The maximum Gasteiger partial charge on any atom is 0.0523 e. The topological polar surface area (TPSA) is 12.0 Å². The minimum absolute atomic E-state index is 0.335. The molecule has 0 saturated carbocycles. The predicted molar refractivity (Wildman–Crippen MR) is 67.8 cm³/mol. The Bertz CT molecular complexity index is 408. The molecule has 0 heterocycles. The molecule has 2 aromatic rings. The summed E-state index contributed by atoms with van der Waals surface area (Å²) in [4.78, 5) is 0. The molecule has 1 heteroatoms. The minimum atomic E-state index is 0.335. The average Bonchev–Trinajstić information content (AvgIpc) is 2.38. The first-order valence-corrected chi connectivity index (χ1v) is 5.55. The molecule has 0 spiro atoms. The molecule has 16 heavy (non-hydrogen) atoms. The standard InChI is InChI=1S/C15H16N/c1-13(15-10-6-3-7-11-15)16-12-14-8-4-2-5-9-14/h2-13,16H,1H3. The summed E-state index contributed by atoms with van der Waals surface area (Å²) in [5.41, 5.74) is 2.50. The number of hydrogen-bond acceptors (Lipinski definition) is 1. The molecular weight excluding hydrogens is 194 g/mol. The summed E-state index contributed by atoms with van der Waals surface area (Å²) >= 11 is 0. The van der Waals surface area contributed by atoms with Crippen molar-refractivity contribution in [1.82, 2.24) is 5.32 Å². The maximum absolute atomic E-state index is 3.39. The van der Waals surface area contributed by atoms with Gasteiger partial charge < -0.3 is 5.32 Å². The van der Waals surface area contributed by atoms with Crippen LogP contribution in [0.25, 0.3) is 0 Å². The van der Waals surface area contributed by atoms with Crippen LogP contribution >= 0.6 is 0 Å². The molecule has 1 N–H and O–H groups in total. The van der Waals surface area contributed by atoms with Gasteiger partial charge in [0.15, 0.2) is 0 Å². The molecular formula is C15H16N. The first kappa shape index (κ1) is 10.9. The van der Waals surface area contributed by atoms with E-state index in [-0.39, 0.29) is 0 Å². The Kier molecular flexibility index (Phi) is 3.73. The maximum atomic E-state index is 3.39. The van der Waals surface area contributed by atoms with Gasteiger partial charge in [0.05, 0.1) is 6.54 Å². The van der Waals surface area contributed by atoms with E-state index in [4.69, 9.17) is 0 Å². The molecule has 0 aliphatic carbocycles. The van der Waals surface area contributed by atoms with Gasteiger partial charge in [-0.05, 0) is 18.1 Å². The summed E-state index contributed by atoms with van der Waals surface area (Å²) < 4.78 is 0. The van der Waals surface area contributed by atoms with Gasteiger partial charge in [0.1, 0.15) is 0 Å². The van der Waals surface area contributed by atoms with Crippen LogP contribution in [0.5, 0.6) is 0 Å². The summed E-state index contributed by atoms with van der Waals surface area (Å²) in [7, 11) is 0. The monoisotopic (exact) mass is 210 g/mol. The lowest BCUT2D eigenvalue weighted by Gasteiger charge is -2.13. The molecule has 2 rings (SSSR count). The third kappa shape index (κ3) is 2.94. The van der Waals surface area contributed by atoms with Crippen LogP contribution in [0.1, 0.15) is 24.1 Å². The van der Waals surface area contributed by atoms with Gasteiger partial charge in [-0.25, -0.2) is 0 Å². The summed E-state index contributed by atoms with van der Waals surface area (Å²) in [6.07, 6.45) is 0. The van der Waals surface area contributed by atoms with Crippen LogP contribution in [-0.2, 0) is 0 Å². The Morgan fingerprint density at radius 1 is 0.875 bits per heavy atom. The molecule has 2 aromatic carbocycles. The largest absolute Gasteiger partial charge is 0.302 e. The first-order chi connectivity index (χ1) is 7.86. The van der Waals surface area contributed by atoms with E-state index in [1.807, 2.05) is 24.3 Å². The van der Waals surface area contributed by atoms with Gasteiger partial charge in [0, 0.05) is 6.04 Å². The molecule has 81 valence electrons. The van der Waals surface area contributed by atoms with Crippen molar-refractivity contribution in [3.05, 3.63) is 78.3 Å². The van der Waals surface area contributed by atoms with E-state index in [1.54, 1.807) is 0 Å². The van der Waals surface area contributed by atoms with Gasteiger partial charge in [-0.15, -0.1) is 0 Å². The second kappa shape index (κ2) is 5.47. The highest BCUT2D eigenvalue weighted by Gasteiger charge is 2.03. The molecule has 1 unspecified atom stereocenters. The van der Waals surface area contributed by atoms with Gasteiger partial charge in [0.2, 0.25) is 0 Å². The van der Waals surface area contributed by atoms with Crippen molar-refractivity contribution in [2.24, 2.45) is 0 Å². The first-order valence-electron chi connectivity index (χ1n) is 5.55. The van der Waals surface area contributed by atoms with E-state index < -0.39 is 0 Å². The lowest BCUT2D eigenvalue weighted by Crippen LogP contribution is -2.15. The Morgan fingerprint density at radius 2 is 1.44 bits per heavy atom. The Labute approximate surface area is 97.1 Å². The zero-order valence-corrected chi connectivity index (χ0v) is 9.43. The number of rotatable bonds is 4. The van der Waals surface area contributed by atoms with Crippen molar-refractivity contribution < 1.29 is 0 Å². The van der Waals surface area contributed by atoms with E-state index in [0.29, 0.717) is 6.04 Å². The second-order valence-electron chi connectivity index (χ2n) is 3.85. The molecule has 1 atom stereocenters. The zero-order chi connectivity index (χ0) is 11.2. The predicted octanol–water partition coefficient (Wildman–Crippen LogP) is 3.55. The third-order valence-electron chi connectivity index (χ3n) is 2.60. The molecule has 0 bridgehead atoms. The van der Waals surface area contributed by atoms with Crippen LogP contribution in [0.2, 0.25) is 0 Å². The normalized spacial score (nSPS) is 12.3. The zero-order valence-electron chi connectivity index (χ0n) is 9.43. The Balaban J connectivity index is 1.92. The molecule has 0 amide bonds. The molecule has 0 aliphatic heterocycles. The van der Waals surface area contributed by atoms with E-state index >= 15 is 0 Å². The minimum Gasteiger partial charge on any atom is -0.302 e. The van der Waals surface area contributed by atoms with Gasteiger partial charge in [-0.3, -0.25) is 0 Å². The van der Waals surface area contributed by atoms with Crippen LogP contribution in [0, 0.1) is 6.54 Å². The van der Waals surface area contributed by atoms with Crippen LogP contribution in [0.4, 0.5) is 0 Å². The quantitative estimate of drug-likeness (QED) is 0.813. The second-order valence-corrected chi connectivity index (χ2v) is 3.85. The van der Waals surface area contributed by atoms with Gasteiger partial charge in [0.25, 0.3) is 0 Å². The van der Waals surface area contributed by atoms with Crippen molar-refractivity contribution in [2.45, 2.75) is 13.0 Å². The van der Waals surface area contributed by atoms with Crippen molar-refractivity contribution in [3.8, 4) is 0 Å². The van der Waals surface area contributed by atoms with Crippen molar-refractivity contribution in [1.29, 1.82) is 0 Å². The van der Waals surface area contributed by atoms with E-state index in [2.05, 4.69) is 55.2 Å². The van der Waals surface area contributed by atoms with E-state index in [0.717, 1.165) is 0 Å². The fraction of sp³-hybridized carbons (Fsp3) is 0.133. The SMILES string of the molecule is CC(N[CH]c1ccccc1)c1ccccc1. The molecule has 1 nitrogen and oxygen atoms in total. The summed E-state index contributed by atoms with van der Waals surface area (Å²) in [5.74, 6) is 0. The summed E-state index contributed by atoms with van der Waals surface area (Å²) in [6, 6.07) is 21.1. The molecule has 1 radical (unpaired) electrons. The number of benzene rings is 2. The number of nitrogens with one attached hydrogen (secondary N) is 1. The fourth-order valence-corrected chi connectivity index (χ4v) is 1.61. The lowest BCUT2D eigenvalue weighted by atomic mass is 10.1. The fourth-order valence-electron chi connectivity index (χ4n) is 1.61. The highest BCUT2D eigenvalue weighted by molar-refractivity contribution is 5.24. The lowest BCUT2D eigenvalue weighted by molar-refractivity contribution is 0.656. The Hall–Kier alpha value is -1.60. The average molecular weight is 210 g/mol. The molecule has 0 saturated heterocycles. The summed E-state index contributed by atoms with van der Waals surface area (Å²) in [5, 5.41) is 3.39. The van der Waals surface area contributed by atoms with Crippen LogP contribution in [0.15, 0.2) is 60.7 Å². The van der Waals surface area contributed by atoms with Gasteiger partial charge in [-0.2, -0.15) is 0 Å². The molecule has 0 aliphatic rings. The van der Waals surface area contributed by atoms with Crippen LogP contribution < -0.4 is 5.32 Å². The third-order valence-corrected chi connectivity index (χ3v) is 2.60. The highest BCUT2D eigenvalue weighted by atomic mass is 14.9. The van der Waals surface area contributed by atoms with Gasteiger partial charge in [-0.1, -0.05) is 60.7 Å². The molecule has 0 aromatic heterocycles. The molecule has 0 fully saturated rings. The Morgan fingerprint density at radius 3 is 2.06 bits per heavy atom. The number of hydrogen-bond donors (Lipinski definition) is 1. The van der Waals surface area contributed by atoms with Crippen molar-refractivity contribution in [2.75, 3.05) is 0 Å². The van der Waals surface area contributed by atoms with E-state index in [9.17, 15) is 0 Å². The van der Waals surface area contributed by atoms with Crippen molar-refractivity contribution in [3.63, 3.8) is 0 Å². The highest BCUT2D eigenvalue weighted by Crippen LogP contribution is 2.12. The van der Waals surface area contributed by atoms with Crippen LogP contribution in [-0.4, -0.2) is 0 Å². The van der Waals surface area contributed by atoms with E-state index in [1.165, 1.54) is 11.1 Å².